The van der Waals surface area contributed by atoms with Crippen molar-refractivity contribution in [3.63, 3.8) is 0 Å². The Labute approximate surface area is 81.8 Å². The third-order valence-electron chi connectivity index (χ3n) is 2.03. The van der Waals surface area contributed by atoms with E-state index in [1.807, 2.05) is 13.8 Å². The van der Waals surface area contributed by atoms with E-state index in [0.29, 0.717) is 0 Å². The van der Waals surface area contributed by atoms with Crippen LogP contribution in [-0.4, -0.2) is 15.6 Å². The highest BCUT2D eigenvalue weighted by molar-refractivity contribution is 5.72. The summed E-state index contributed by atoms with van der Waals surface area (Å²) in [5.41, 5.74) is -0.117. The van der Waals surface area contributed by atoms with Crippen molar-refractivity contribution in [3.05, 3.63) is 34.7 Å². The van der Waals surface area contributed by atoms with Crippen molar-refractivity contribution in [3.8, 4) is 0 Å². The fraction of sp³-hybridized carbons (Fsp3) is 0.400. The SMILES string of the molecule is CC(C)C(C(=O)O)n1ccc(=O)cc1. The van der Waals surface area contributed by atoms with Gasteiger partial charge in [-0.3, -0.25) is 4.79 Å². The predicted octanol–water partition coefficient (Wildman–Crippen LogP) is 1.13. The Morgan fingerprint density at radius 1 is 1.36 bits per heavy atom. The lowest BCUT2D eigenvalue weighted by Crippen LogP contribution is -2.24. The first kappa shape index (κ1) is 10.5. The van der Waals surface area contributed by atoms with E-state index >= 15 is 0 Å². The number of aliphatic carboxylic acids is 1. The molecule has 1 unspecified atom stereocenters. The van der Waals surface area contributed by atoms with Crippen molar-refractivity contribution < 1.29 is 9.90 Å². The largest absolute Gasteiger partial charge is 0.480 e. The Balaban J connectivity index is 3.06. The zero-order valence-electron chi connectivity index (χ0n) is 8.18. The number of nitrogens with zero attached hydrogens (tertiary/aromatic N) is 1. The molecule has 1 rings (SSSR count). The van der Waals surface area contributed by atoms with Crippen LogP contribution in [0, 0.1) is 5.92 Å². The highest BCUT2D eigenvalue weighted by Crippen LogP contribution is 2.16. The minimum Gasteiger partial charge on any atom is -0.480 e. The predicted molar refractivity (Wildman–Crippen MR) is 52.2 cm³/mol. The molecule has 1 N–H and O–H groups in total. The normalized spacial score (nSPS) is 12.8. The van der Waals surface area contributed by atoms with Crippen LogP contribution in [0.2, 0.25) is 0 Å². The highest BCUT2D eigenvalue weighted by atomic mass is 16.4. The summed E-state index contributed by atoms with van der Waals surface area (Å²) in [4.78, 5) is 21.8. The van der Waals surface area contributed by atoms with E-state index < -0.39 is 12.0 Å². The molecule has 1 aromatic heterocycles. The van der Waals surface area contributed by atoms with Crippen LogP contribution in [0.1, 0.15) is 19.9 Å². The van der Waals surface area contributed by atoms with E-state index in [1.54, 1.807) is 0 Å². The van der Waals surface area contributed by atoms with Gasteiger partial charge in [-0.15, -0.1) is 0 Å². The van der Waals surface area contributed by atoms with Gasteiger partial charge < -0.3 is 9.67 Å². The average molecular weight is 195 g/mol. The second kappa shape index (κ2) is 4.09. The summed E-state index contributed by atoms with van der Waals surface area (Å²) in [6.45, 7) is 3.66. The number of rotatable bonds is 3. The minimum atomic E-state index is -0.886. The molecule has 0 fully saturated rings. The van der Waals surface area contributed by atoms with E-state index in [1.165, 1.54) is 29.1 Å². The molecule has 0 aromatic carbocycles. The Hall–Kier alpha value is -1.58. The van der Waals surface area contributed by atoms with Crippen molar-refractivity contribution in [2.45, 2.75) is 19.9 Å². The number of carbonyl (C=O) groups is 1. The molecular weight excluding hydrogens is 182 g/mol. The zero-order valence-corrected chi connectivity index (χ0v) is 8.18. The van der Waals surface area contributed by atoms with E-state index in [2.05, 4.69) is 0 Å². The van der Waals surface area contributed by atoms with Crippen molar-refractivity contribution >= 4 is 5.97 Å². The molecule has 0 aliphatic rings. The topological polar surface area (TPSA) is 59.3 Å². The van der Waals surface area contributed by atoms with E-state index in [4.69, 9.17) is 5.11 Å². The molecule has 4 heteroatoms. The van der Waals surface area contributed by atoms with Crippen LogP contribution in [0.15, 0.2) is 29.3 Å². The number of hydrogen-bond acceptors (Lipinski definition) is 2. The number of hydrogen-bond donors (Lipinski definition) is 1. The number of carboxylic acids is 1. The first-order valence-electron chi connectivity index (χ1n) is 4.43. The fourth-order valence-corrected chi connectivity index (χ4v) is 1.37. The van der Waals surface area contributed by atoms with Gasteiger partial charge in [0.15, 0.2) is 5.43 Å². The maximum atomic E-state index is 10.9. The van der Waals surface area contributed by atoms with Crippen molar-refractivity contribution in [2.75, 3.05) is 0 Å². The lowest BCUT2D eigenvalue weighted by molar-refractivity contribution is -0.142. The van der Waals surface area contributed by atoms with Gasteiger partial charge in [0.05, 0.1) is 0 Å². The van der Waals surface area contributed by atoms with Crippen LogP contribution in [0.3, 0.4) is 0 Å². The van der Waals surface area contributed by atoms with E-state index in [9.17, 15) is 9.59 Å². The van der Waals surface area contributed by atoms with E-state index in [0.717, 1.165) is 0 Å². The summed E-state index contributed by atoms with van der Waals surface area (Å²) in [5, 5.41) is 8.97. The van der Waals surface area contributed by atoms with Crippen molar-refractivity contribution in [1.82, 2.24) is 4.57 Å². The summed E-state index contributed by atoms with van der Waals surface area (Å²) < 4.78 is 1.54. The van der Waals surface area contributed by atoms with Gasteiger partial charge >= 0.3 is 5.97 Å². The summed E-state index contributed by atoms with van der Waals surface area (Å²) in [7, 11) is 0. The molecule has 0 radical (unpaired) electrons. The van der Waals surface area contributed by atoms with Crippen LogP contribution in [0.4, 0.5) is 0 Å². The molecule has 0 bridgehead atoms. The maximum absolute atomic E-state index is 10.9. The Morgan fingerprint density at radius 3 is 2.21 bits per heavy atom. The third-order valence-corrected chi connectivity index (χ3v) is 2.03. The Bertz CT molecular complexity index is 361. The molecule has 1 aromatic rings. The quantitative estimate of drug-likeness (QED) is 0.786. The van der Waals surface area contributed by atoms with Crippen LogP contribution < -0.4 is 5.43 Å². The molecular formula is C10H13NO3. The lowest BCUT2D eigenvalue weighted by Gasteiger charge is -2.19. The Morgan fingerprint density at radius 2 is 1.86 bits per heavy atom. The van der Waals surface area contributed by atoms with Crippen LogP contribution in [0.25, 0.3) is 0 Å². The molecule has 0 aliphatic carbocycles. The first-order chi connectivity index (χ1) is 6.52. The van der Waals surface area contributed by atoms with Gasteiger partial charge in [-0.05, 0) is 5.92 Å². The first-order valence-corrected chi connectivity index (χ1v) is 4.43. The molecule has 0 saturated heterocycles. The van der Waals surface area contributed by atoms with Crippen LogP contribution >= 0.6 is 0 Å². The fourth-order valence-electron chi connectivity index (χ4n) is 1.37. The lowest BCUT2D eigenvalue weighted by atomic mass is 10.0. The van der Waals surface area contributed by atoms with Crippen LogP contribution in [0.5, 0.6) is 0 Å². The molecule has 4 nitrogen and oxygen atoms in total. The zero-order chi connectivity index (χ0) is 10.7. The summed E-state index contributed by atoms with van der Waals surface area (Å²) in [6, 6.07) is 2.10. The van der Waals surface area contributed by atoms with Crippen molar-refractivity contribution in [2.24, 2.45) is 5.92 Å². The number of pyridine rings is 1. The molecule has 0 amide bonds. The molecule has 14 heavy (non-hydrogen) atoms. The van der Waals surface area contributed by atoms with Gasteiger partial charge in [0.25, 0.3) is 0 Å². The van der Waals surface area contributed by atoms with E-state index in [-0.39, 0.29) is 11.3 Å². The smallest absolute Gasteiger partial charge is 0.326 e. The highest BCUT2D eigenvalue weighted by Gasteiger charge is 2.21. The van der Waals surface area contributed by atoms with Crippen LogP contribution in [-0.2, 0) is 4.79 Å². The van der Waals surface area contributed by atoms with Crippen molar-refractivity contribution in [1.29, 1.82) is 0 Å². The minimum absolute atomic E-state index is 0.0185. The molecule has 0 spiro atoms. The maximum Gasteiger partial charge on any atom is 0.326 e. The Kier molecular flexibility index (Phi) is 3.06. The summed E-state index contributed by atoms with van der Waals surface area (Å²) in [6.07, 6.45) is 3.00. The van der Waals surface area contributed by atoms with Gasteiger partial charge in [-0.25, -0.2) is 4.79 Å². The van der Waals surface area contributed by atoms with Gasteiger partial charge in [-0.2, -0.15) is 0 Å². The molecule has 0 saturated carbocycles. The van der Waals surface area contributed by atoms with Gasteiger partial charge in [0.2, 0.25) is 0 Å². The monoisotopic (exact) mass is 195 g/mol. The standard InChI is InChI=1S/C10H13NO3/c1-7(2)9(10(13)14)11-5-3-8(12)4-6-11/h3-7,9H,1-2H3,(H,13,14). The van der Waals surface area contributed by atoms with Gasteiger partial charge in [-0.1, -0.05) is 13.8 Å². The van der Waals surface area contributed by atoms with Gasteiger partial charge in [0, 0.05) is 24.5 Å². The average Bonchev–Trinajstić information content (AvgIpc) is 2.07. The molecule has 0 aliphatic heterocycles. The molecule has 76 valence electrons. The summed E-state index contributed by atoms with van der Waals surface area (Å²) >= 11 is 0. The second-order valence-corrected chi connectivity index (χ2v) is 3.51. The molecule has 1 heterocycles. The summed E-state index contributed by atoms with van der Waals surface area (Å²) in [5.74, 6) is -0.904. The number of carboxylic acid groups (broad SMARTS) is 1. The molecule has 1 atom stereocenters. The third kappa shape index (κ3) is 2.22. The van der Waals surface area contributed by atoms with Gasteiger partial charge in [0.1, 0.15) is 6.04 Å². The number of aromatic nitrogens is 1. The second-order valence-electron chi connectivity index (χ2n) is 3.51.